The normalized spacial score (nSPS) is 17.6. The van der Waals surface area contributed by atoms with Crippen LogP contribution in [0.4, 0.5) is 0 Å². The van der Waals surface area contributed by atoms with Crippen LogP contribution in [0.3, 0.4) is 0 Å². The summed E-state index contributed by atoms with van der Waals surface area (Å²) in [5.74, 6) is -3.52. The maximum absolute atomic E-state index is 14.1. The number of hydrogen-bond acceptors (Lipinski definition) is 6. The number of nitrogens with zero attached hydrogens (tertiary/aromatic N) is 2. The van der Waals surface area contributed by atoms with Crippen molar-refractivity contribution in [3.63, 3.8) is 0 Å². The summed E-state index contributed by atoms with van der Waals surface area (Å²) in [4.78, 5) is 55.5. The molecule has 1 aliphatic carbocycles. The molecule has 4 atom stereocenters. The summed E-state index contributed by atoms with van der Waals surface area (Å²) in [5.41, 5.74) is 1.32. The Kier molecular flexibility index (Phi) is 11.2. The number of carbonyl (C=O) groups is 4. The fraction of sp³-hybridized carbons (Fsp3) is 0.200. The Morgan fingerprint density at radius 3 is 1.14 bits per heavy atom. The molecule has 2 N–H and O–H groups in total. The third-order valence-electron chi connectivity index (χ3n) is 8.43. The summed E-state index contributed by atoms with van der Waals surface area (Å²) >= 11 is 0. The standard InChI is InChI=1S/C40H34N2O8/c1-3-23-41(25-27-15-19-31(20-16-27)49-29-11-7-5-8-12-29)37(43)33-34(36(40(47)48)35(33)39(45)46)38(44)42(24-4-2)26-28-17-21-32(22-18-28)50-30-13-9-6-10-14-30/h1-2,5-22,33-36H,23-26H2,(H,45,46)(H,47,48)/t33-,34-,35-,36-/m1/s1. The van der Waals surface area contributed by atoms with Gasteiger partial charge < -0.3 is 29.5 Å². The Balaban J connectivity index is 1.35. The smallest absolute Gasteiger partial charge is 0.308 e. The number of para-hydroxylation sites is 2. The Morgan fingerprint density at radius 2 is 0.840 bits per heavy atom. The molecule has 2 amide bonds. The number of aliphatic carboxylic acids is 2. The molecule has 0 radical (unpaired) electrons. The highest BCUT2D eigenvalue weighted by molar-refractivity contribution is 5.99. The first-order chi connectivity index (χ1) is 24.2. The van der Waals surface area contributed by atoms with Gasteiger partial charge >= 0.3 is 11.9 Å². The van der Waals surface area contributed by atoms with E-state index in [9.17, 15) is 29.4 Å². The van der Waals surface area contributed by atoms with Crippen LogP contribution in [-0.4, -0.2) is 56.9 Å². The molecule has 10 nitrogen and oxygen atoms in total. The predicted octanol–water partition coefficient (Wildman–Crippen LogP) is 5.54. The first kappa shape index (κ1) is 34.8. The second kappa shape index (κ2) is 16.1. The van der Waals surface area contributed by atoms with E-state index in [0.717, 1.165) is 0 Å². The van der Waals surface area contributed by atoms with Crippen molar-refractivity contribution in [3.8, 4) is 47.7 Å². The van der Waals surface area contributed by atoms with E-state index in [1.165, 1.54) is 9.80 Å². The van der Waals surface area contributed by atoms with E-state index in [0.29, 0.717) is 34.1 Å². The molecule has 1 fully saturated rings. The molecule has 0 aliphatic heterocycles. The Hall–Kier alpha value is -6.52. The lowest BCUT2D eigenvalue weighted by Gasteiger charge is -2.48. The fourth-order valence-electron chi connectivity index (χ4n) is 6.06. The van der Waals surface area contributed by atoms with Crippen molar-refractivity contribution in [1.29, 1.82) is 0 Å². The van der Waals surface area contributed by atoms with Crippen LogP contribution in [0.25, 0.3) is 0 Å². The summed E-state index contributed by atoms with van der Waals surface area (Å²) in [6.07, 6.45) is 11.2. The molecule has 0 aromatic heterocycles. The molecule has 0 spiro atoms. The predicted molar refractivity (Wildman–Crippen MR) is 184 cm³/mol. The Morgan fingerprint density at radius 1 is 0.520 bits per heavy atom. The SMILES string of the molecule is C#CCN(Cc1ccc(Oc2ccccc2)cc1)C(=O)[C@H]1[C@@H](C(=O)O)[C@H](C(=O)O)[C@@H]1C(=O)N(CC#C)Cc1ccc(Oc2ccccc2)cc1. The number of hydrogen-bond donors (Lipinski definition) is 2. The van der Waals surface area contributed by atoms with Crippen LogP contribution in [0.5, 0.6) is 23.0 Å². The zero-order valence-electron chi connectivity index (χ0n) is 26.9. The molecule has 252 valence electrons. The third kappa shape index (κ3) is 8.12. The van der Waals surface area contributed by atoms with Gasteiger partial charge in [-0.15, -0.1) is 12.8 Å². The molecule has 0 unspecified atom stereocenters. The highest BCUT2D eigenvalue weighted by atomic mass is 16.5. The summed E-state index contributed by atoms with van der Waals surface area (Å²) in [6, 6.07) is 32.2. The van der Waals surface area contributed by atoms with E-state index in [-0.39, 0.29) is 26.2 Å². The van der Waals surface area contributed by atoms with Crippen molar-refractivity contribution in [1.82, 2.24) is 9.80 Å². The minimum atomic E-state index is -1.65. The Labute approximate surface area is 289 Å². The minimum Gasteiger partial charge on any atom is -0.481 e. The molecule has 0 heterocycles. The second-order valence-corrected chi connectivity index (χ2v) is 11.7. The number of carboxylic acids is 2. The number of rotatable bonds is 14. The Bertz CT molecular complexity index is 1760. The van der Waals surface area contributed by atoms with Crippen LogP contribution >= 0.6 is 0 Å². The van der Waals surface area contributed by atoms with E-state index < -0.39 is 47.4 Å². The lowest BCUT2D eigenvalue weighted by Crippen LogP contribution is -2.64. The number of carbonyl (C=O) groups excluding carboxylic acids is 2. The molecular formula is C40H34N2O8. The number of terminal acetylenes is 2. The van der Waals surface area contributed by atoms with Gasteiger partial charge in [0.05, 0.1) is 36.8 Å². The minimum absolute atomic E-state index is 0.0123. The summed E-state index contributed by atoms with van der Waals surface area (Å²) in [6.45, 7) is -0.425. The van der Waals surface area contributed by atoms with Gasteiger partial charge in [0.25, 0.3) is 0 Å². The molecule has 0 saturated heterocycles. The van der Waals surface area contributed by atoms with Gasteiger partial charge in [-0.05, 0) is 59.7 Å². The maximum atomic E-state index is 14.1. The van der Waals surface area contributed by atoms with Crippen molar-refractivity contribution >= 4 is 23.8 Å². The fourth-order valence-corrected chi connectivity index (χ4v) is 6.06. The van der Waals surface area contributed by atoms with E-state index in [1.807, 2.05) is 60.7 Å². The molecule has 10 heteroatoms. The van der Waals surface area contributed by atoms with Gasteiger partial charge in [-0.3, -0.25) is 19.2 Å². The molecule has 50 heavy (non-hydrogen) atoms. The summed E-state index contributed by atoms with van der Waals surface area (Å²) < 4.78 is 11.7. The first-order valence-corrected chi connectivity index (χ1v) is 15.7. The van der Waals surface area contributed by atoms with Gasteiger partial charge in [-0.2, -0.15) is 0 Å². The van der Waals surface area contributed by atoms with E-state index in [1.54, 1.807) is 48.5 Å². The van der Waals surface area contributed by atoms with Crippen LogP contribution in [-0.2, 0) is 32.3 Å². The monoisotopic (exact) mass is 670 g/mol. The number of amides is 2. The van der Waals surface area contributed by atoms with Crippen LogP contribution in [0.15, 0.2) is 109 Å². The number of ether oxygens (including phenoxy) is 2. The van der Waals surface area contributed by atoms with Gasteiger partial charge in [0.2, 0.25) is 11.8 Å². The molecular weight excluding hydrogens is 636 g/mol. The maximum Gasteiger partial charge on any atom is 0.308 e. The molecule has 4 aromatic carbocycles. The zero-order chi connectivity index (χ0) is 35.6. The number of carboxylic acid groups (broad SMARTS) is 2. The van der Waals surface area contributed by atoms with Gasteiger partial charge in [-0.25, -0.2) is 0 Å². The van der Waals surface area contributed by atoms with Gasteiger partial charge in [0.1, 0.15) is 23.0 Å². The van der Waals surface area contributed by atoms with Crippen LogP contribution < -0.4 is 9.47 Å². The van der Waals surface area contributed by atoms with Gasteiger partial charge in [0, 0.05) is 13.1 Å². The topological polar surface area (TPSA) is 134 Å². The van der Waals surface area contributed by atoms with E-state index in [4.69, 9.17) is 22.3 Å². The highest BCUT2D eigenvalue weighted by Crippen LogP contribution is 2.49. The van der Waals surface area contributed by atoms with E-state index in [2.05, 4.69) is 11.8 Å². The van der Waals surface area contributed by atoms with Crippen LogP contribution in [0, 0.1) is 48.4 Å². The van der Waals surface area contributed by atoms with Crippen molar-refractivity contribution < 1.29 is 38.9 Å². The lowest BCUT2D eigenvalue weighted by molar-refractivity contribution is -0.187. The summed E-state index contributed by atoms with van der Waals surface area (Å²) in [5, 5.41) is 20.2. The largest absolute Gasteiger partial charge is 0.481 e. The first-order valence-electron chi connectivity index (χ1n) is 15.7. The van der Waals surface area contributed by atoms with Crippen LogP contribution in [0.2, 0.25) is 0 Å². The number of benzene rings is 4. The van der Waals surface area contributed by atoms with Crippen molar-refractivity contribution in [3.05, 3.63) is 120 Å². The van der Waals surface area contributed by atoms with Crippen LogP contribution in [0.1, 0.15) is 11.1 Å². The van der Waals surface area contributed by atoms with Crippen molar-refractivity contribution in [2.75, 3.05) is 13.1 Å². The van der Waals surface area contributed by atoms with Gasteiger partial charge in [-0.1, -0.05) is 72.5 Å². The quantitative estimate of drug-likeness (QED) is 0.167. The molecule has 1 aliphatic rings. The van der Waals surface area contributed by atoms with Crippen molar-refractivity contribution in [2.24, 2.45) is 23.7 Å². The molecule has 1 saturated carbocycles. The zero-order valence-corrected chi connectivity index (χ0v) is 26.9. The molecule has 0 bridgehead atoms. The molecule has 4 aromatic rings. The van der Waals surface area contributed by atoms with Crippen molar-refractivity contribution in [2.45, 2.75) is 13.1 Å². The highest BCUT2D eigenvalue weighted by Gasteiger charge is 2.64. The van der Waals surface area contributed by atoms with E-state index >= 15 is 0 Å². The average molecular weight is 671 g/mol. The third-order valence-corrected chi connectivity index (χ3v) is 8.43. The lowest BCUT2D eigenvalue weighted by atomic mass is 9.55. The molecule has 5 rings (SSSR count). The average Bonchev–Trinajstić information content (AvgIpc) is 3.09. The van der Waals surface area contributed by atoms with Gasteiger partial charge in [0.15, 0.2) is 0 Å². The summed E-state index contributed by atoms with van der Waals surface area (Å²) in [7, 11) is 0. The second-order valence-electron chi connectivity index (χ2n) is 11.7.